The van der Waals surface area contributed by atoms with Crippen molar-refractivity contribution in [3.05, 3.63) is 38.9 Å². The summed E-state index contributed by atoms with van der Waals surface area (Å²) in [5.74, 6) is 0.442. The average Bonchev–Trinajstić information content (AvgIpc) is 2.38. The van der Waals surface area contributed by atoms with Gasteiger partial charge in [0.1, 0.15) is 5.02 Å². The van der Waals surface area contributed by atoms with E-state index in [1.54, 1.807) is 11.0 Å². The van der Waals surface area contributed by atoms with E-state index in [-0.39, 0.29) is 22.7 Å². The highest BCUT2D eigenvalue weighted by atomic mass is 35.5. The molecule has 1 aliphatic heterocycles. The Hall–Kier alpha value is -1.62. The predicted molar refractivity (Wildman–Crippen MR) is 77.0 cm³/mol. The smallest absolute Gasteiger partial charge is 0.288 e. The molecule has 0 radical (unpaired) electrons. The number of nitro groups is 1. The Morgan fingerprint density at radius 1 is 1.45 bits per heavy atom. The number of rotatable bonds is 2. The summed E-state index contributed by atoms with van der Waals surface area (Å²) in [4.78, 5) is 24.6. The van der Waals surface area contributed by atoms with Gasteiger partial charge in [-0.2, -0.15) is 0 Å². The second-order valence-corrected chi connectivity index (χ2v) is 5.81. The zero-order valence-corrected chi connectivity index (χ0v) is 12.3. The molecule has 1 saturated heterocycles. The van der Waals surface area contributed by atoms with Gasteiger partial charge >= 0.3 is 0 Å². The number of carbonyl (C=O) groups is 1. The first-order valence-electron chi connectivity index (χ1n) is 6.65. The largest absolute Gasteiger partial charge is 0.336 e. The minimum atomic E-state index is -0.569. The van der Waals surface area contributed by atoms with Crippen molar-refractivity contribution in [2.75, 3.05) is 6.54 Å². The third-order valence-electron chi connectivity index (χ3n) is 3.79. The molecule has 0 N–H and O–H groups in total. The fraction of sp³-hybridized carbons (Fsp3) is 0.500. The minimum Gasteiger partial charge on any atom is -0.336 e. The number of carbonyl (C=O) groups excluding carboxylic acids is 1. The van der Waals surface area contributed by atoms with Gasteiger partial charge in [0.25, 0.3) is 11.6 Å². The van der Waals surface area contributed by atoms with Crippen LogP contribution < -0.4 is 0 Å². The molecule has 2 atom stereocenters. The van der Waals surface area contributed by atoms with Gasteiger partial charge < -0.3 is 4.90 Å². The summed E-state index contributed by atoms with van der Waals surface area (Å²) in [6, 6.07) is 4.36. The highest BCUT2D eigenvalue weighted by molar-refractivity contribution is 6.32. The van der Waals surface area contributed by atoms with Crippen molar-refractivity contribution >= 4 is 23.2 Å². The maximum atomic E-state index is 12.5. The van der Waals surface area contributed by atoms with Gasteiger partial charge in [-0.3, -0.25) is 14.9 Å². The Labute approximate surface area is 122 Å². The van der Waals surface area contributed by atoms with E-state index in [9.17, 15) is 14.9 Å². The molecule has 2 unspecified atom stereocenters. The predicted octanol–water partition coefficient (Wildman–Crippen LogP) is 3.51. The van der Waals surface area contributed by atoms with Gasteiger partial charge in [-0.25, -0.2) is 0 Å². The summed E-state index contributed by atoms with van der Waals surface area (Å²) < 4.78 is 0. The van der Waals surface area contributed by atoms with Gasteiger partial charge in [0.05, 0.1) is 4.92 Å². The van der Waals surface area contributed by atoms with Crippen LogP contribution in [0, 0.1) is 16.0 Å². The van der Waals surface area contributed by atoms with E-state index in [1.807, 2.05) is 6.92 Å². The molecule has 0 bridgehead atoms. The number of hydrogen-bond acceptors (Lipinski definition) is 3. The monoisotopic (exact) mass is 296 g/mol. The molecule has 0 spiro atoms. The van der Waals surface area contributed by atoms with Gasteiger partial charge in [-0.1, -0.05) is 18.5 Å². The quantitative estimate of drug-likeness (QED) is 0.619. The van der Waals surface area contributed by atoms with E-state index in [0.29, 0.717) is 18.0 Å². The summed E-state index contributed by atoms with van der Waals surface area (Å²) in [6.07, 6.45) is 1.92. The van der Waals surface area contributed by atoms with Crippen LogP contribution in [0.15, 0.2) is 18.2 Å². The van der Waals surface area contributed by atoms with Crippen molar-refractivity contribution in [2.24, 2.45) is 5.92 Å². The maximum Gasteiger partial charge on any atom is 0.288 e. The third kappa shape index (κ3) is 2.93. The molecule has 20 heavy (non-hydrogen) atoms. The van der Waals surface area contributed by atoms with Crippen LogP contribution in [0.1, 0.15) is 37.0 Å². The topological polar surface area (TPSA) is 63.5 Å². The molecule has 0 saturated carbocycles. The van der Waals surface area contributed by atoms with Crippen LogP contribution in [-0.2, 0) is 0 Å². The van der Waals surface area contributed by atoms with Crippen molar-refractivity contribution in [2.45, 2.75) is 32.7 Å². The number of likely N-dealkylation sites (tertiary alicyclic amines) is 1. The lowest BCUT2D eigenvalue weighted by Gasteiger charge is -2.36. The summed E-state index contributed by atoms with van der Waals surface area (Å²) in [5.41, 5.74) is 0.0954. The van der Waals surface area contributed by atoms with E-state index in [4.69, 9.17) is 11.6 Å². The molecule has 1 fully saturated rings. The minimum absolute atomic E-state index is 0.0480. The number of hydrogen-bond donors (Lipinski definition) is 0. The van der Waals surface area contributed by atoms with Gasteiger partial charge in [0.2, 0.25) is 0 Å². The summed E-state index contributed by atoms with van der Waals surface area (Å²) in [7, 11) is 0. The Morgan fingerprint density at radius 2 is 2.15 bits per heavy atom. The van der Waals surface area contributed by atoms with Crippen LogP contribution in [0.5, 0.6) is 0 Å². The van der Waals surface area contributed by atoms with E-state index < -0.39 is 4.92 Å². The first-order valence-corrected chi connectivity index (χ1v) is 7.03. The molecule has 0 aromatic heterocycles. The van der Waals surface area contributed by atoms with Gasteiger partial charge in [-0.05, 0) is 37.8 Å². The van der Waals surface area contributed by atoms with Crippen molar-refractivity contribution in [3.63, 3.8) is 0 Å². The maximum absolute atomic E-state index is 12.5. The number of nitrogens with zero attached hydrogens (tertiary/aromatic N) is 2. The second kappa shape index (κ2) is 5.79. The Morgan fingerprint density at radius 3 is 2.75 bits per heavy atom. The molecule has 5 nitrogen and oxygen atoms in total. The van der Waals surface area contributed by atoms with Crippen molar-refractivity contribution < 1.29 is 9.72 Å². The first kappa shape index (κ1) is 14.8. The molecule has 1 heterocycles. The number of nitro benzene ring substituents is 1. The zero-order valence-electron chi connectivity index (χ0n) is 11.5. The first-order chi connectivity index (χ1) is 9.40. The van der Waals surface area contributed by atoms with Gasteiger partial charge in [0.15, 0.2) is 0 Å². The summed E-state index contributed by atoms with van der Waals surface area (Å²) >= 11 is 5.76. The highest BCUT2D eigenvalue weighted by Gasteiger charge is 2.28. The lowest BCUT2D eigenvalue weighted by atomic mass is 9.93. The highest BCUT2D eigenvalue weighted by Crippen LogP contribution is 2.28. The van der Waals surface area contributed by atoms with Gasteiger partial charge in [0, 0.05) is 24.2 Å². The standard InChI is InChI=1S/C14H17ClN2O3/c1-9-5-6-16(10(2)7-9)14(18)11-3-4-12(15)13(8-11)17(19)20/h3-4,8-10H,5-7H2,1-2H3. The summed E-state index contributed by atoms with van der Waals surface area (Å²) in [6.45, 7) is 4.88. The number of amides is 1. The second-order valence-electron chi connectivity index (χ2n) is 5.40. The lowest BCUT2D eigenvalue weighted by Crippen LogP contribution is -2.44. The van der Waals surface area contributed by atoms with Gasteiger partial charge in [-0.15, -0.1) is 0 Å². The number of halogens is 1. The SMILES string of the molecule is CC1CCN(C(=O)c2ccc(Cl)c([N+](=O)[O-])c2)C(C)C1. The Bertz CT molecular complexity index is 547. The number of piperidine rings is 1. The molecule has 2 rings (SSSR count). The van der Waals surface area contributed by atoms with Crippen LogP contribution >= 0.6 is 11.6 Å². The van der Waals surface area contributed by atoms with Crippen molar-refractivity contribution in [1.29, 1.82) is 0 Å². The molecule has 6 heteroatoms. The molecule has 1 amide bonds. The molecule has 108 valence electrons. The van der Waals surface area contributed by atoms with Crippen LogP contribution in [-0.4, -0.2) is 28.3 Å². The molecular weight excluding hydrogens is 280 g/mol. The Balaban J connectivity index is 2.25. The van der Waals surface area contributed by atoms with E-state index >= 15 is 0 Å². The molecular formula is C14H17ClN2O3. The van der Waals surface area contributed by atoms with Crippen molar-refractivity contribution in [3.8, 4) is 0 Å². The number of benzene rings is 1. The van der Waals surface area contributed by atoms with E-state index in [2.05, 4.69) is 6.92 Å². The molecule has 0 aliphatic carbocycles. The molecule has 1 aromatic carbocycles. The van der Waals surface area contributed by atoms with Crippen LogP contribution in [0.25, 0.3) is 0 Å². The average molecular weight is 297 g/mol. The molecule has 1 aromatic rings. The fourth-order valence-electron chi connectivity index (χ4n) is 2.66. The fourth-order valence-corrected chi connectivity index (χ4v) is 2.85. The van der Waals surface area contributed by atoms with Crippen molar-refractivity contribution in [1.82, 2.24) is 4.90 Å². The third-order valence-corrected chi connectivity index (χ3v) is 4.11. The van der Waals surface area contributed by atoms with Crippen LogP contribution in [0.2, 0.25) is 5.02 Å². The van der Waals surface area contributed by atoms with Crippen LogP contribution in [0.3, 0.4) is 0 Å². The summed E-state index contributed by atoms with van der Waals surface area (Å²) in [5, 5.41) is 10.9. The normalized spacial score (nSPS) is 22.6. The Kier molecular flexibility index (Phi) is 4.28. The van der Waals surface area contributed by atoms with E-state index in [0.717, 1.165) is 12.8 Å². The zero-order chi connectivity index (χ0) is 14.9. The van der Waals surface area contributed by atoms with E-state index in [1.165, 1.54) is 12.1 Å². The lowest BCUT2D eigenvalue weighted by molar-refractivity contribution is -0.384. The molecule has 1 aliphatic rings. The van der Waals surface area contributed by atoms with Crippen LogP contribution in [0.4, 0.5) is 5.69 Å².